The summed E-state index contributed by atoms with van der Waals surface area (Å²) in [6.07, 6.45) is 2.30. The van der Waals surface area contributed by atoms with E-state index in [4.69, 9.17) is 33.0 Å². The average Bonchev–Trinajstić information content (AvgIpc) is 3.24. The fourth-order valence-electron chi connectivity index (χ4n) is 3.80. The molecule has 0 aliphatic carbocycles. The summed E-state index contributed by atoms with van der Waals surface area (Å²) in [7, 11) is 0. The van der Waals surface area contributed by atoms with E-state index in [1.165, 1.54) is 19.5 Å². The smallest absolute Gasteiger partial charge is 0.240 e. The maximum Gasteiger partial charge on any atom is 0.240 e. The van der Waals surface area contributed by atoms with E-state index in [9.17, 15) is 0 Å². The molecule has 148 valence electrons. The summed E-state index contributed by atoms with van der Waals surface area (Å²) in [6.45, 7) is 7.12. The molecule has 6 heteroatoms. The van der Waals surface area contributed by atoms with Crippen LogP contribution in [0.4, 0.5) is 0 Å². The summed E-state index contributed by atoms with van der Waals surface area (Å²) in [6, 6.07) is 13.7. The molecule has 4 rings (SSSR count). The van der Waals surface area contributed by atoms with E-state index in [-0.39, 0.29) is 0 Å². The predicted octanol–water partition coefficient (Wildman–Crippen LogP) is 5.50. The first-order chi connectivity index (χ1) is 13.6. The molecule has 0 bridgehead atoms. The Labute approximate surface area is 176 Å². The molecular formula is C22H25Cl2N3O. The van der Waals surface area contributed by atoms with Crippen molar-refractivity contribution in [3.63, 3.8) is 0 Å². The minimum atomic E-state index is 0.654. The molecule has 2 heterocycles. The van der Waals surface area contributed by atoms with Gasteiger partial charge in [0.1, 0.15) is 0 Å². The number of hydrogen-bond acceptors (Lipinski definition) is 3. The van der Waals surface area contributed by atoms with Crippen molar-refractivity contribution in [3.05, 3.63) is 58.1 Å². The van der Waals surface area contributed by atoms with Gasteiger partial charge in [0.05, 0.1) is 24.1 Å². The standard InChI is InChI=1S/C22H25Cl2N3O/c1-16-9-11-26(14-16)10-2-12-28-22-20-13-19(24)7-8-21(20)27(25-22)15-17-3-5-18(23)6-4-17/h3-8,13,16H,2,9-12,14-15H2,1H3/t16-/m0/s1. The lowest BCUT2D eigenvalue weighted by Gasteiger charge is -2.14. The second kappa shape index (κ2) is 8.73. The van der Waals surface area contributed by atoms with Gasteiger partial charge in [0.2, 0.25) is 5.88 Å². The Balaban J connectivity index is 1.46. The molecule has 1 fully saturated rings. The number of likely N-dealkylation sites (tertiary alicyclic amines) is 1. The van der Waals surface area contributed by atoms with Crippen molar-refractivity contribution in [1.82, 2.24) is 14.7 Å². The molecule has 0 spiro atoms. The van der Waals surface area contributed by atoms with E-state index in [0.717, 1.165) is 40.4 Å². The van der Waals surface area contributed by atoms with E-state index in [2.05, 4.69) is 11.8 Å². The van der Waals surface area contributed by atoms with Crippen LogP contribution in [0.1, 0.15) is 25.3 Å². The van der Waals surface area contributed by atoms with Gasteiger partial charge >= 0.3 is 0 Å². The fourth-order valence-corrected chi connectivity index (χ4v) is 4.10. The van der Waals surface area contributed by atoms with Gasteiger partial charge < -0.3 is 9.64 Å². The van der Waals surface area contributed by atoms with Crippen LogP contribution in [-0.4, -0.2) is 40.9 Å². The number of aromatic nitrogens is 2. The molecule has 28 heavy (non-hydrogen) atoms. The Morgan fingerprint density at radius 1 is 1.11 bits per heavy atom. The van der Waals surface area contributed by atoms with Gasteiger partial charge in [0.15, 0.2) is 0 Å². The molecular weight excluding hydrogens is 393 g/mol. The number of fused-ring (bicyclic) bond motifs is 1. The molecule has 1 aliphatic heterocycles. The first kappa shape index (κ1) is 19.6. The lowest BCUT2D eigenvalue weighted by atomic mass is 10.2. The molecule has 0 saturated carbocycles. The van der Waals surface area contributed by atoms with E-state index >= 15 is 0 Å². The third-order valence-corrected chi connectivity index (χ3v) is 5.78. The number of nitrogens with zero attached hydrogens (tertiary/aromatic N) is 3. The number of ether oxygens (including phenoxy) is 1. The van der Waals surface area contributed by atoms with Crippen molar-refractivity contribution < 1.29 is 4.74 Å². The predicted molar refractivity (Wildman–Crippen MR) is 116 cm³/mol. The molecule has 1 aromatic heterocycles. The van der Waals surface area contributed by atoms with Gasteiger partial charge in [-0.3, -0.25) is 4.68 Å². The van der Waals surface area contributed by atoms with E-state index in [1.807, 2.05) is 47.1 Å². The van der Waals surface area contributed by atoms with Crippen molar-refractivity contribution in [2.75, 3.05) is 26.2 Å². The van der Waals surface area contributed by atoms with Gasteiger partial charge in [-0.05, 0) is 61.2 Å². The molecule has 1 aliphatic rings. The van der Waals surface area contributed by atoms with Crippen LogP contribution in [-0.2, 0) is 6.54 Å². The van der Waals surface area contributed by atoms with Gasteiger partial charge in [0, 0.05) is 23.1 Å². The summed E-state index contributed by atoms with van der Waals surface area (Å²) in [5, 5.41) is 7.10. The Bertz CT molecular complexity index is 939. The van der Waals surface area contributed by atoms with Gasteiger partial charge in [-0.1, -0.05) is 42.3 Å². The lowest BCUT2D eigenvalue weighted by Crippen LogP contribution is -2.23. The molecule has 1 atom stereocenters. The molecule has 0 radical (unpaired) electrons. The van der Waals surface area contributed by atoms with Crippen molar-refractivity contribution >= 4 is 34.1 Å². The molecule has 3 aromatic rings. The van der Waals surface area contributed by atoms with Crippen LogP contribution in [0.5, 0.6) is 5.88 Å². The number of benzene rings is 2. The highest BCUT2D eigenvalue weighted by Crippen LogP contribution is 2.29. The zero-order valence-corrected chi connectivity index (χ0v) is 17.6. The van der Waals surface area contributed by atoms with Crippen LogP contribution in [0, 0.1) is 5.92 Å². The minimum absolute atomic E-state index is 0.654. The normalized spacial score (nSPS) is 17.5. The maximum atomic E-state index is 6.22. The second-order valence-electron chi connectivity index (χ2n) is 7.65. The monoisotopic (exact) mass is 417 g/mol. The van der Waals surface area contributed by atoms with Crippen molar-refractivity contribution in [3.8, 4) is 5.88 Å². The Morgan fingerprint density at radius 2 is 1.89 bits per heavy atom. The van der Waals surface area contributed by atoms with Gasteiger partial charge in [-0.25, -0.2) is 0 Å². The highest BCUT2D eigenvalue weighted by atomic mass is 35.5. The highest BCUT2D eigenvalue weighted by Gasteiger charge is 2.18. The molecule has 1 saturated heterocycles. The Kier molecular flexibility index (Phi) is 6.10. The molecule has 2 aromatic carbocycles. The third-order valence-electron chi connectivity index (χ3n) is 5.29. The van der Waals surface area contributed by atoms with Crippen LogP contribution in [0.15, 0.2) is 42.5 Å². The van der Waals surface area contributed by atoms with Crippen LogP contribution >= 0.6 is 23.2 Å². The van der Waals surface area contributed by atoms with Gasteiger partial charge in [-0.15, -0.1) is 5.10 Å². The van der Waals surface area contributed by atoms with E-state index < -0.39 is 0 Å². The minimum Gasteiger partial charge on any atom is -0.476 e. The van der Waals surface area contributed by atoms with E-state index in [0.29, 0.717) is 24.1 Å². The zero-order valence-electron chi connectivity index (χ0n) is 16.1. The van der Waals surface area contributed by atoms with Crippen LogP contribution in [0.25, 0.3) is 10.9 Å². The molecule has 0 N–H and O–H groups in total. The van der Waals surface area contributed by atoms with Gasteiger partial charge in [-0.2, -0.15) is 0 Å². The molecule has 4 nitrogen and oxygen atoms in total. The number of rotatable bonds is 7. The molecule has 0 unspecified atom stereocenters. The number of halogens is 2. The zero-order chi connectivity index (χ0) is 19.5. The van der Waals surface area contributed by atoms with Crippen molar-refractivity contribution in [1.29, 1.82) is 0 Å². The third kappa shape index (κ3) is 4.62. The summed E-state index contributed by atoms with van der Waals surface area (Å²) < 4.78 is 8.02. The van der Waals surface area contributed by atoms with Crippen molar-refractivity contribution in [2.45, 2.75) is 26.3 Å². The lowest BCUT2D eigenvalue weighted by molar-refractivity contribution is 0.254. The number of hydrogen-bond donors (Lipinski definition) is 0. The Hall–Kier alpha value is -1.75. The topological polar surface area (TPSA) is 30.3 Å². The average molecular weight is 418 g/mol. The highest BCUT2D eigenvalue weighted by molar-refractivity contribution is 6.31. The van der Waals surface area contributed by atoms with E-state index in [1.54, 1.807) is 0 Å². The van der Waals surface area contributed by atoms with Crippen LogP contribution < -0.4 is 4.74 Å². The van der Waals surface area contributed by atoms with Gasteiger partial charge in [0.25, 0.3) is 0 Å². The summed E-state index contributed by atoms with van der Waals surface area (Å²) in [5.41, 5.74) is 2.15. The second-order valence-corrected chi connectivity index (χ2v) is 8.52. The maximum absolute atomic E-state index is 6.22. The summed E-state index contributed by atoms with van der Waals surface area (Å²) >= 11 is 12.2. The first-order valence-electron chi connectivity index (χ1n) is 9.84. The largest absolute Gasteiger partial charge is 0.476 e. The quantitative estimate of drug-likeness (QED) is 0.475. The van der Waals surface area contributed by atoms with Crippen LogP contribution in [0.3, 0.4) is 0 Å². The fraction of sp³-hybridized carbons (Fsp3) is 0.409. The van der Waals surface area contributed by atoms with Crippen molar-refractivity contribution in [2.24, 2.45) is 5.92 Å². The van der Waals surface area contributed by atoms with Crippen LogP contribution in [0.2, 0.25) is 10.0 Å². The first-order valence-corrected chi connectivity index (χ1v) is 10.6. The summed E-state index contributed by atoms with van der Waals surface area (Å²) in [4.78, 5) is 2.52. The SMILES string of the molecule is C[C@H]1CCN(CCCOc2nn(Cc3ccc(Cl)cc3)c3ccc(Cl)cc23)C1. The summed E-state index contributed by atoms with van der Waals surface area (Å²) in [5.74, 6) is 1.47. The Morgan fingerprint density at radius 3 is 2.64 bits per heavy atom. The molecule has 0 amide bonds.